The Hall–Kier alpha value is -4.21. The quantitative estimate of drug-likeness (QED) is 0.382. The highest BCUT2D eigenvalue weighted by molar-refractivity contribution is 6.00. The summed E-state index contributed by atoms with van der Waals surface area (Å²) in [5, 5.41) is 11.3. The molecule has 0 fully saturated rings. The molecule has 0 aliphatic heterocycles. The van der Waals surface area contributed by atoms with Crippen molar-refractivity contribution in [3.8, 4) is 5.75 Å². The van der Waals surface area contributed by atoms with E-state index in [9.17, 15) is 24.5 Å². The Kier molecular flexibility index (Phi) is 5.54. The number of benzene rings is 2. The van der Waals surface area contributed by atoms with Gasteiger partial charge in [0, 0.05) is 29.1 Å². The average molecular weight is 397 g/mol. The Morgan fingerprint density at radius 2 is 1.86 bits per heavy atom. The minimum atomic E-state index is -0.895. The number of nitrogens with one attached hydrogen (secondary N) is 2. The molecule has 0 bridgehead atoms. The number of hydrazine groups is 1. The first-order valence-corrected chi connectivity index (χ1v) is 8.45. The predicted octanol–water partition coefficient (Wildman–Crippen LogP) is 2.17. The number of carbonyl (C=O) groups is 2. The number of fused-ring (bicyclic) bond motifs is 1. The van der Waals surface area contributed by atoms with Gasteiger partial charge in [0.1, 0.15) is 16.9 Å². The number of hydrogen-bond donors (Lipinski definition) is 2. The summed E-state index contributed by atoms with van der Waals surface area (Å²) in [5.74, 6) is -1.16. The highest BCUT2D eigenvalue weighted by atomic mass is 16.6. The number of ether oxygens (including phenoxy) is 1. The zero-order valence-electron chi connectivity index (χ0n) is 15.1. The van der Waals surface area contributed by atoms with E-state index in [-0.39, 0.29) is 22.4 Å². The third-order valence-electron chi connectivity index (χ3n) is 3.87. The summed E-state index contributed by atoms with van der Waals surface area (Å²) in [6.45, 7) is 2.26. The lowest BCUT2D eigenvalue weighted by Crippen LogP contribution is -2.43. The highest BCUT2D eigenvalue weighted by Crippen LogP contribution is 2.20. The molecular weight excluding hydrogens is 382 g/mol. The Balaban J connectivity index is 1.76. The number of nitro benzene ring substituents is 1. The third-order valence-corrected chi connectivity index (χ3v) is 3.87. The molecule has 2 aromatic carbocycles. The Morgan fingerprint density at radius 1 is 1.10 bits per heavy atom. The van der Waals surface area contributed by atoms with E-state index in [4.69, 9.17) is 9.15 Å². The number of non-ortho nitro benzene ring substituents is 1. The summed E-state index contributed by atoms with van der Waals surface area (Å²) in [6, 6.07) is 11.1. The van der Waals surface area contributed by atoms with Gasteiger partial charge in [-0.1, -0.05) is 6.07 Å². The van der Waals surface area contributed by atoms with Crippen LogP contribution < -0.4 is 21.2 Å². The second-order valence-electron chi connectivity index (χ2n) is 5.80. The molecule has 29 heavy (non-hydrogen) atoms. The van der Waals surface area contributed by atoms with Gasteiger partial charge in [-0.15, -0.1) is 0 Å². The summed E-state index contributed by atoms with van der Waals surface area (Å²) in [5.41, 5.74) is 2.92. The van der Waals surface area contributed by atoms with Gasteiger partial charge in [0.2, 0.25) is 0 Å². The van der Waals surface area contributed by atoms with Crippen LogP contribution in [0.5, 0.6) is 5.75 Å². The molecule has 0 spiro atoms. The van der Waals surface area contributed by atoms with Crippen LogP contribution in [0, 0.1) is 10.1 Å². The molecule has 0 saturated heterocycles. The molecule has 10 heteroatoms. The van der Waals surface area contributed by atoms with Gasteiger partial charge in [0.05, 0.1) is 11.5 Å². The molecule has 0 aliphatic rings. The fourth-order valence-corrected chi connectivity index (χ4v) is 2.52. The standard InChI is InChI=1S/C19H15N3O7/c1-2-28-14-7-6-11-9-15(19(25)29-16(11)10-14)18(24)21-20-17(23)12-4-3-5-13(8-12)22(26)27/h3-10H,2H2,1H3,(H,20,23)(H,21,24). The molecule has 0 aliphatic carbocycles. The number of rotatable bonds is 5. The monoisotopic (exact) mass is 397 g/mol. The van der Waals surface area contributed by atoms with Crippen LogP contribution in [0.15, 0.2) is 57.7 Å². The summed E-state index contributed by atoms with van der Waals surface area (Å²) >= 11 is 0. The van der Waals surface area contributed by atoms with Crippen molar-refractivity contribution in [2.75, 3.05) is 6.61 Å². The molecule has 1 heterocycles. The van der Waals surface area contributed by atoms with E-state index in [1.165, 1.54) is 30.3 Å². The number of nitrogens with zero attached hydrogens (tertiary/aromatic N) is 1. The molecule has 0 unspecified atom stereocenters. The maximum Gasteiger partial charge on any atom is 0.349 e. The Morgan fingerprint density at radius 3 is 2.59 bits per heavy atom. The first kappa shape index (κ1) is 19.5. The van der Waals surface area contributed by atoms with Crippen molar-refractivity contribution in [3.63, 3.8) is 0 Å². The van der Waals surface area contributed by atoms with E-state index in [1.54, 1.807) is 12.1 Å². The summed E-state index contributed by atoms with van der Waals surface area (Å²) in [6.07, 6.45) is 0. The van der Waals surface area contributed by atoms with E-state index < -0.39 is 22.4 Å². The molecule has 148 valence electrons. The normalized spacial score (nSPS) is 10.4. The Bertz CT molecular complexity index is 1170. The number of hydrogen-bond acceptors (Lipinski definition) is 7. The molecule has 0 radical (unpaired) electrons. The lowest BCUT2D eigenvalue weighted by atomic mass is 10.1. The van der Waals surface area contributed by atoms with Crippen LogP contribution in [0.25, 0.3) is 11.0 Å². The topological polar surface area (TPSA) is 141 Å². The lowest BCUT2D eigenvalue weighted by Gasteiger charge is -2.08. The minimum Gasteiger partial charge on any atom is -0.494 e. The zero-order chi connectivity index (χ0) is 21.0. The number of amides is 2. The summed E-state index contributed by atoms with van der Waals surface area (Å²) in [4.78, 5) is 46.6. The zero-order valence-corrected chi connectivity index (χ0v) is 15.1. The van der Waals surface area contributed by atoms with Gasteiger partial charge in [0.15, 0.2) is 0 Å². The van der Waals surface area contributed by atoms with Crippen molar-refractivity contribution in [1.29, 1.82) is 0 Å². The maximum absolute atomic E-state index is 12.3. The van der Waals surface area contributed by atoms with E-state index in [0.717, 1.165) is 6.07 Å². The van der Waals surface area contributed by atoms with Crippen molar-refractivity contribution in [2.24, 2.45) is 0 Å². The first-order chi connectivity index (χ1) is 13.9. The molecule has 2 amide bonds. The SMILES string of the molecule is CCOc1ccc2cc(C(=O)NNC(=O)c3cccc([N+](=O)[O-])c3)c(=O)oc2c1. The van der Waals surface area contributed by atoms with Gasteiger partial charge >= 0.3 is 5.63 Å². The van der Waals surface area contributed by atoms with Crippen LogP contribution in [-0.4, -0.2) is 23.3 Å². The van der Waals surface area contributed by atoms with Crippen LogP contribution in [0.2, 0.25) is 0 Å². The van der Waals surface area contributed by atoms with E-state index in [1.807, 2.05) is 6.92 Å². The molecule has 0 atom stereocenters. The molecule has 10 nitrogen and oxygen atoms in total. The van der Waals surface area contributed by atoms with Crippen LogP contribution in [0.3, 0.4) is 0 Å². The van der Waals surface area contributed by atoms with Crippen molar-refractivity contribution in [2.45, 2.75) is 6.92 Å². The molecule has 3 rings (SSSR count). The largest absolute Gasteiger partial charge is 0.494 e. The summed E-state index contributed by atoms with van der Waals surface area (Å²) < 4.78 is 10.5. The maximum atomic E-state index is 12.3. The number of nitro groups is 1. The smallest absolute Gasteiger partial charge is 0.349 e. The third kappa shape index (κ3) is 4.38. The second-order valence-corrected chi connectivity index (χ2v) is 5.80. The molecule has 3 aromatic rings. The molecule has 2 N–H and O–H groups in total. The summed E-state index contributed by atoms with van der Waals surface area (Å²) in [7, 11) is 0. The van der Waals surface area contributed by atoms with E-state index in [0.29, 0.717) is 17.7 Å². The fourth-order valence-electron chi connectivity index (χ4n) is 2.52. The molecule has 1 aromatic heterocycles. The lowest BCUT2D eigenvalue weighted by molar-refractivity contribution is -0.384. The van der Waals surface area contributed by atoms with Crippen molar-refractivity contribution in [1.82, 2.24) is 10.9 Å². The highest BCUT2D eigenvalue weighted by Gasteiger charge is 2.16. The molecule has 0 saturated carbocycles. The van der Waals surface area contributed by atoms with E-state index in [2.05, 4.69) is 10.9 Å². The van der Waals surface area contributed by atoms with Crippen molar-refractivity contribution in [3.05, 3.63) is 80.2 Å². The van der Waals surface area contributed by atoms with Gasteiger partial charge in [-0.25, -0.2) is 4.79 Å². The van der Waals surface area contributed by atoms with Gasteiger partial charge in [-0.05, 0) is 31.2 Å². The molecular formula is C19H15N3O7. The number of carbonyl (C=O) groups excluding carboxylic acids is 2. The van der Waals surface area contributed by atoms with Gasteiger partial charge in [-0.3, -0.25) is 30.6 Å². The van der Waals surface area contributed by atoms with Gasteiger partial charge < -0.3 is 9.15 Å². The average Bonchev–Trinajstić information content (AvgIpc) is 2.71. The van der Waals surface area contributed by atoms with Gasteiger partial charge in [0.25, 0.3) is 17.5 Å². The van der Waals surface area contributed by atoms with Crippen molar-refractivity contribution < 1.29 is 23.7 Å². The Labute approximate surface area is 163 Å². The van der Waals surface area contributed by atoms with Crippen LogP contribution in [0.1, 0.15) is 27.6 Å². The minimum absolute atomic E-state index is 0.0338. The first-order valence-electron chi connectivity index (χ1n) is 8.45. The van der Waals surface area contributed by atoms with E-state index >= 15 is 0 Å². The fraction of sp³-hybridized carbons (Fsp3) is 0.105. The predicted molar refractivity (Wildman–Crippen MR) is 102 cm³/mol. The van der Waals surface area contributed by atoms with Crippen LogP contribution in [0.4, 0.5) is 5.69 Å². The van der Waals surface area contributed by atoms with Crippen LogP contribution >= 0.6 is 0 Å². The second kappa shape index (κ2) is 8.21. The van der Waals surface area contributed by atoms with Crippen molar-refractivity contribution >= 4 is 28.5 Å². The van der Waals surface area contributed by atoms with Crippen LogP contribution in [-0.2, 0) is 0 Å². The van der Waals surface area contributed by atoms with Gasteiger partial charge in [-0.2, -0.15) is 0 Å².